The molecule has 0 saturated carbocycles. The molecule has 3 nitrogen and oxygen atoms in total. The Balaban J connectivity index is 2.39. The lowest BCUT2D eigenvalue weighted by atomic mass is 9.99. The monoisotopic (exact) mass is 264 g/mol. The molecule has 1 unspecified atom stereocenters. The van der Waals surface area contributed by atoms with Crippen molar-refractivity contribution in [3.8, 4) is 0 Å². The Bertz CT molecular complexity index is 354. The maximum absolute atomic E-state index is 6.30. The van der Waals surface area contributed by atoms with Gasteiger partial charge in [-0.2, -0.15) is 0 Å². The molecule has 1 atom stereocenters. The average Bonchev–Trinajstić information content (AvgIpc) is 2.43. The van der Waals surface area contributed by atoms with Gasteiger partial charge < -0.3 is 15.4 Å². The minimum absolute atomic E-state index is 0.127. The first-order chi connectivity index (χ1) is 9.19. The number of ether oxygens (including phenoxy) is 1. The standard InChI is InChI=1S/C16H28N2O/c1-4-18(12-13-19-5-2)11-10-16(17)15-9-7-6-8-14(15)3/h6-9,16H,4-5,10-13,17H2,1-3H3. The van der Waals surface area contributed by atoms with E-state index in [1.807, 2.05) is 6.92 Å². The molecule has 19 heavy (non-hydrogen) atoms. The summed E-state index contributed by atoms with van der Waals surface area (Å²) in [5, 5.41) is 0. The number of nitrogens with two attached hydrogens (primary N) is 1. The molecule has 0 fully saturated rings. The molecule has 0 aliphatic heterocycles. The van der Waals surface area contributed by atoms with Gasteiger partial charge in [0.2, 0.25) is 0 Å². The molecule has 0 radical (unpaired) electrons. The second kappa shape index (κ2) is 9.08. The lowest BCUT2D eigenvalue weighted by Crippen LogP contribution is -2.30. The molecule has 0 aliphatic rings. The third-order valence-corrected chi connectivity index (χ3v) is 3.55. The molecule has 3 heteroatoms. The van der Waals surface area contributed by atoms with Gasteiger partial charge in [0.15, 0.2) is 0 Å². The Morgan fingerprint density at radius 3 is 2.58 bits per heavy atom. The molecule has 2 N–H and O–H groups in total. The van der Waals surface area contributed by atoms with E-state index in [1.165, 1.54) is 11.1 Å². The molecule has 108 valence electrons. The molecule has 0 aliphatic carbocycles. The summed E-state index contributed by atoms with van der Waals surface area (Å²) in [5.74, 6) is 0. The van der Waals surface area contributed by atoms with Crippen LogP contribution >= 0.6 is 0 Å². The van der Waals surface area contributed by atoms with Crippen molar-refractivity contribution < 1.29 is 4.74 Å². The van der Waals surface area contributed by atoms with Crippen LogP contribution in [0.2, 0.25) is 0 Å². The van der Waals surface area contributed by atoms with Gasteiger partial charge in [0.1, 0.15) is 0 Å². The van der Waals surface area contributed by atoms with Crippen molar-refractivity contribution in [3.05, 3.63) is 35.4 Å². The average molecular weight is 264 g/mol. The van der Waals surface area contributed by atoms with E-state index in [0.29, 0.717) is 0 Å². The van der Waals surface area contributed by atoms with Gasteiger partial charge >= 0.3 is 0 Å². The van der Waals surface area contributed by atoms with Crippen LogP contribution < -0.4 is 5.73 Å². The molecule has 0 spiro atoms. The molecule has 1 aromatic rings. The predicted octanol–water partition coefficient (Wildman–Crippen LogP) is 2.74. The summed E-state index contributed by atoms with van der Waals surface area (Å²) in [7, 11) is 0. The maximum Gasteiger partial charge on any atom is 0.0593 e. The number of benzene rings is 1. The molecular weight excluding hydrogens is 236 g/mol. The summed E-state index contributed by atoms with van der Waals surface area (Å²) in [6.07, 6.45) is 0.991. The molecule has 0 aromatic heterocycles. The van der Waals surface area contributed by atoms with Gasteiger partial charge in [0, 0.05) is 25.7 Å². The zero-order valence-electron chi connectivity index (χ0n) is 12.6. The largest absolute Gasteiger partial charge is 0.380 e. The lowest BCUT2D eigenvalue weighted by Gasteiger charge is -2.23. The number of rotatable bonds is 9. The lowest BCUT2D eigenvalue weighted by molar-refractivity contribution is 0.114. The van der Waals surface area contributed by atoms with Crippen LogP contribution in [0, 0.1) is 6.92 Å². The first-order valence-electron chi connectivity index (χ1n) is 7.30. The Morgan fingerprint density at radius 2 is 1.95 bits per heavy atom. The third-order valence-electron chi connectivity index (χ3n) is 3.55. The van der Waals surface area contributed by atoms with Gasteiger partial charge in [0.25, 0.3) is 0 Å². The Labute approximate surface area is 117 Å². The van der Waals surface area contributed by atoms with Crippen molar-refractivity contribution in [3.63, 3.8) is 0 Å². The van der Waals surface area contributed by atoms with Gasteiger partial charge in [-0.25, -0.2) is 0 Å². The number of hydrogen-bond donors (Lipinski definition) is 1. The van der Waals surface area contributed by atoms with E-state index in [0.717, 1.165) is 39.3 Å². The van der Waals surface area contributed by atoms with E-state index >= 15 is 0 Å². The molecule has 1 aromatic carbocycles. The van der Waals surface area contributed by atoms with E-state index in [9.17, 15) is 0 Å². The zero-order valence-corrected chi connectivity index (χ0v) is 12.6. The van der Waals surface area contributed by atoms with Crippen LogP contribution in [0.4, 0.5) is 0 Å². The number of nitrogens with zero attached hydrogens (tertiary/aromatic N) is 1. The summed E-state index contributed by atoms with van der Waals surface area (Å²) in [6, 6.07) is 8.52. The van der Waals surface area contributed by atoms with E-state index in [-0.39, 0.29) is 6.04 Å². The highest BCUT2D eigenvalue weighted by Crippen LogP contribution is 2.18. The van der Waals surface area contributed by atoms with Crippen molar-refractivity contribution in [2.75, 3.05) is 32.8 Å². The van der Waals surface area contributed by atoms with E-state index in [2.05, 4.69) is 43.0 Å². The zero-order chi connectivity index (χ0) is 14.1. The van der Waals surface area contributed by atoms with Crippen LogP contribution in [-0.2, 0) is 4.74 Å². The maximum atomic E-state index is 6.30. The quantitative estimate of drug-likeness (QED) is 0.697. The Morgan fingerprint density at radius 1 is 1.21 bits per heavy atom. The highest BCUT2D eigenvalue weighted by Gasteiger charge is 2.10. The van der Waals surface area contributed by atoms with Gasteiger partial charge in [0.05, 0.1) is 6.61 Å². The highest BCUT2D eigenvalue weighted by molar-refractivity contribution is 5.28. The summed E-state index contributed by atoms with van der Waals surface area (Å²) in [6.45, 7) is 11.0. The van der Waals surface area contributed by atoms with Crippen molar-refractivity contribution >= 4 is 0 Å². The Hall–Kier alpha value is -0.900. The molecular formula is C16H28N2O. The number of hydrogen-bond acceptors (Lipinski definition) is 3. The predicted molar refractivity (Wildman–Crippen MR) is 81.3 cm³/mol. The van der Waals surface area contributed by atoms with Crippen LogP contribution in [0.15, 0.2) is 24.3 Å². The van der Waals surface area contributed by atoms with Crippen molar-refractivity contribution in [1.82, 2.24) is 4.90 Å². The summed E-state index contributed by atoms with van der Waals surface area (Å²) in [5.41, 5.74) is 8.85. The molecule has 0 heterocycles. The fraction of sp³-hybridized carbons (Fsp3) is 0.625. The second-order valence-electron chi connectivity index (χ2n) is 4.88. The van der Waals surface area contributed by atoms with Gasteiger partial charge in [-0.3, -0.25) is 0 Å². The smallest absolute Gasteiger partial charge is 0.0593 e. The van der Waals surface area contributed by atoms with Crippen molar-refractivity contribution in [2.24, 2.45) is 5.73 Å². The summed E-state index contributed by atoms with van der Waals surface area (Å²) >= 11 is 0. The highest BCUT2D eigenvalue weighted by atomic mass is 16.5. The van der Waals surface area contributed by atoms with Gasteiger partial charge in [-0.1, -0.05) is 31.2 Å². The molecule has 0 bridgehead atoms. The second-order valence-corrected chi connectivity index (χ2v) is 4.88. The molecule has 0 saturated heterocycles. The van der Waals surface area contributed by atoms with Crippen LogP contribution in [0.5, 0.6) is 0 Å². The summed E-state index contributed by atoms with van der Waals surface area (Å²) in [4.78, 5) is 2.40. The minimum Gasteiger partial charge on any atom is -0.380 e. The topological polar surface area (TPSA) is 38.5 Å². The van der Waals surface area contributed by atoms with Gasteiger partial charge in [-0.15, -0.1) is 0 Å². The Kier molecular flexibility index (Phi) is 7.72. The number of aryl methyl sites for hydroxylation is 1. The minimum atomic E-state index is 0.127. The first-order valence-corrected chi connectivity index (χ1v) is 7.30. The van der Waals surface area contributed by atoms with Crippen molar-refractivity contribution in [1.29, 1.82) is 0 Å². The van der Waals surface area contributed by atoms with Crippen LogP contribution in [-0.4, -0.2) is 37.7 Å². The summed E-state index contributed by atoms with van der Waals surface area (Å²) < 4.78 is 5.40. The van der Waals surface area contributed by atoms with E-state index in [4.69, 9.17) is 10.5 Å². The van der Waals surface area contributed by atoms with Crippen LogP contribution in [0.25, 0.3) is 0 Å². The number of likely N-dealkylation sites (N-methyl/N-ethyl adjacent to an activating group) is 1. The van der Waals surface area contributed by atoms with E-state index < -0.39 is 0 Å². The SMILES string of the molecule is CCOCCN(CC)CCC(N)c1ccccc1C. The first kappa shape index (κ1) is 16.2. The van der Waals surface area contributed by atoms with Crippen LogP contribution in [0.1, 0.15) is 37.4 Å². The normalized spacial score (nSPS) is 12.9. The van der Waals surface area contributed by atoms with Crippen LogP contribution in [0.3, 0.4) is 0 Å². The third kappa shape index (κ3) is 5.72. The molecule has 0 amide bonds. The van der Waals surface area contributed by atoms with Crippen molar-refractivity contribution in [2.45, 2.75) is 33.2 Å². The van der Waals surface area contributed by atoms with Gasteiger partial charge in [-0.05, 0) is 37.9 Å². The fourth-order valence-electron chi connectivity index (χ4n) is 2.25. The van der Waals surface area contributed by atoms with E-state index in [1.54, 1.807) is 0 Å². The molecule has 1 rings (SSSR count). The fourth-order valence-corrected chi connectivity index (χ4v) is 2.25.